The number of methoxy groups -OCH3 is 1. The average molecular weight is 336 g/mol. The molecule has 0 unspecified atom stereocenters. The summed E-state index contributed by atoms with van der Waals surface area (Å²) in [6, 6.07) is 6.85. The highest BCUT2D eigenvalue weighted by molar-refractivity contribution is 5.95. The minimum Gasteiger partial charge on any atom is -0.490 e. The topological polar surface area (TPSA) is 72.7 Å². The Morgan fingerprint density at radius 1 is 1.25 bits per heavy atom. The lowest BCUT2D eigenvalue weighted by Crippen LogP contribution is -2.26. The van der Waals surface area contributed by atoms with Crippen LogP contribution >= 0.6 is 0 Å². The number of rotatable bonds is 5. The lowest BCUT2D eigenvalue weighted by atomic mass is 10.1. The van der Waals surface area contributed by atoms with Crippen LogP contribution < -0.4 is 4.74 Å². The number of carbonyl (C=O) groups is 1. The second-order valence-corrected chi connectivity index (χ2v) is 5.04. The molecule has 0 saturated carbocycles. The Kier molecular flexibility index (Phi) is 5.08. The maximum absolute atomic E-state index is 13.7. The molecule has 24 heavy (non-hydrogen) atoms. The first-order valence-electron chi connectivity index (χ1n) is 6.85. The fourth-order valence-electron chi connectivity index (χ4n) is 2.16. The Balaban J connectivity index is 2.24. The maximum atomic E-state index is 13.7. The Labute approximate surface area is 136 Å². The van der Waals surface area contributed by atoms with Crippen molar-refractivity contribution in [3.63, 3.8) is 0 Å². The van der Waals surface area contributed by atoms with Gasteiger partial charge in [0.05, 0.1) is 12.0 Å². The fourth-order valence-corrected chi connectivity index (χ4v) is 2.16. The van der Waals surface area contributed by atoms with Crippen LogP contribution in [0.1, 0.15) is 15.9 Å². The number of amides is 1. The van der Waals surface area contributed by atoms with Crippen molar-refractivity contribution >= 4 is 11.6 Å². The SMILES string of the molecule is COc1ccc(C(=O)N(C)Cc2ccc(F)cc2F)cc1[N+](=O)[O-]. The summed E-state index contributed by atoms with van der Waals surface area (Å²) >= 11 is 0. The second-order valence-electron chi connectivity index (χ2n) is 5.04. The quantitative estimate of drug-likeness (QED) is 0.621. The molecule has 0 spiro atoms. The molecule has 0 fully saturated rings. The zero-order valence-corrected chi connectivity index (χ0v) is 13.0. The minimum absolute atomic E-state index is 0.0313. The molecule has 0 bridgehead atoms. The molecule has 126 valence electrons. The van der Waals surface area contributed by atoms with Crippen LogP contribution in [0.2, 0.25) is 0 Å². The van der Waals surface area contributed by atoms with E-state index >= 15 is 0 Å². The summed E-state index contributed by atoms with van der Waals surface area (Å²) < 4.78 is 31.4. The number of benzene rings is 2. The molecular formula is C16H14F2N2O4. The largest absolute Gasteiger partial charge is 0.490 e. The van der Waals surface area contributed by atoms with Gasteiger partial charge in [0, 0.05) is 36.9 Å². The zero-order chi connectivity index (χ0) is 17.9. The molecule has 1 amide bonds. The van der Waals surface area contributed by atoms with Gasteiger partial charge in [0.25, 0.3) is 5.91 Å². The van der Waals surface area contributed by atoms with Gasteiger partial charge < -0.3 is 9.64 Å². The number of carbonyl (C=O) groups excluding carboxylic acids is 1. The molecule has 0 N–H and O–H groups in total. The molecule has 2 aromatic carbocycles. The van der Waals surface area contributed by atoms with Crippen molar-refractivity contribution in [2.75, 3.05) is 14.2 Å². The van der Waals surface area contributed by atoms with E-state index in [2.05, 4.69) is 0 Å². The summed E-state index contributed by atoms with van der Waals surface area (Å²) in [6.45, 7) is -0.106. The van der Waals surface area contributed by atoms with Crippen LogP contribution in [0.4, 0.5) is 14.5 Å². The first-order valence-corrected chi connectivity index (χ1v) is 6.85. The summed E-state index contributed by atoms with van der Waals surface area (Å²) in [7, 11) is 2.70. The van der Waals surface area contributed by atoms with E-state index < -0.39 is 22.5 Å². The number of ether oxygens (including phenoxy) is 1. The smallest absolute Gasteiger partial charge is 0.311 e. The van der Waals surface area contributed by atoms with Crippen LogP contribution in [-0.2, 0) is 6.54 Å². The molecule has 0 heterocycles. The van der Waals surface area contributed by atoms with Gasteiger partial charge in [-0.15, -0.1) is 0 Å². The monoisotopic (exact) mass is 336 g/mol. The zero-order valence-electron chi connectivity index (χ0n) is 13.0. The third-order valence-corrected chi connectivity index (χ3v) is 3.39. The molecule has 0 aromatic heterocycles. The number of halogens is 2. The predicted octanol–water partition coefficient (Wildman–Crippen LogP) is 3.15. The van der Waals surface area contributed by atoms with Gasteiger partial charge in [0.15, 0.2) is 5.75 Å². The molecule has 0 aliphatic heterocycles. The van der Waals surface area contributed by atoms with Gasteiger partial charge in [-0.05, 0) is 18.2 Å². The molecule has 0 saturated heterocycles. The maximum Gasteiger partial charge on any atom is 0.311 e. The molecule has 0 radical (unpaired) electrons. The first-order chi connectivity index (χ1) is 11.3. The van der Waals surface area contributed by atoms with Gasteiger partial charge in [-0.3, -0.25) is 14.9 Å². The van der Waals surface area contributed by atoms with Crippen molar-refractivity contribution in [2.24, 2.45) is 0 Å². The number of nitro groups is 1. The Bertz CT molecular complexity index is 796. The van der Waals surface area contributed by atoms with Gasteiger partial charge in [0.1, 0.15) is 11.6 Å². The van der Waals surface area contributed by atoms with Gasteiger partial charge in [-0.1, -0.05) is 6.07 Å². The Hall–Kier alpha value is -3.03. The summed E-state index contributed by atoms with van der Waals surface area (Å²) in [5.74, 6) is -1.99. The Morgan fingerprint density at radius 2 is 1.96 bits per heavy atom. The van der Waals surface area contributed by atoms with E-state index in [1.54, 1.807) is 0 Å². The highest BCUT2D eigenvalue weighted by Crippen LogP contribution is 2.28. The van der Waals surface area contributed by atoms with Crippen molar-refractivity contribution in [1.82, 2.24) is 4.90 Å². The van der Waals surface area contributed by atoms with Crippen molar-refractivity contribution < 1.29 is 23.2 Å². The minimum atomic E-state index is -0.768. The molecule has 6 nitrogen and oxygen atoms in total. The van der Waals surface area contributed by atoms with Crippen molar-refractivity contribution in [3.05, 3.63) is 69.3 Å². The predicted molar refractivity (Wildman–Crippen MR) is 81.8 cm³/mol. The van der Waals surface area contributed by atoms with E-state index in [4.69, 9.17) is 4.74 Å². The number of nitro benzene ring substituents is 1. The Morgan fingerprint density at radius 3 is 2.54 bits per heavy atom. The second kappa shape index (κ2) is 7.03. The van der Waals surface area contributed by atoms with Crippen molar-refractivity contribution in [3.8, 4) is 5.75 Å². The van der Waals surface area contributed by atoms with E-state index in [0.717, 1.165) is 18.2 Å². The summed E-state index contributed by atoms with van der Waals surface area (Å²) in [5.41, 5.74) is -0.146. The lowest BCUT2D eigenvalue weighted by molar-refractivity contribution is -0.385. The van der Waals surface area contributed by atoms with Gasteiger partial charge in [-0.25, -0.2) is 8.78 Å². The van der Waals surface area contributed by atoms with Crippen LogP contribution in [0, 0.1) is 21.7 Å². The van der Waals surface area contributed by atoms with Crippen LogP contribution in [0.3, 0.4) is 0 Å². The third-order valence-electron chi connectivity index (χ3n) is 3.39. The van der Waals surface area contributed by atoms with Crippen LogP contribution in [0.15, 0.2) is 36.4 Å². The summed E-state index contributed by atoms with van der Waals surface area (Å²) in [4.78, 5) is 23.9. The third kappa shape index (κ3) is 3.65. The van der Waals surface area contributed by atoms with Crippen LogP contribution in [-0.4, -0.2) is 29.9 Å². The highest BCUT2D eigenvalue weighted by Gasteiger charge is 2.20. The fraction of sp³-hybridized carbons (Fsp3) is 0.188. The molecule has 0 atom stereocenters. The molecule has 2 aromatic rings. The standard InChI is InChI=1S/C16H14F2N2O4/c1-19(9-11-3-5-12(17)8-13(11)18)16(21)10-4-6-15(24-2)14(7-10)20(22)23/h3-8H,9H2,1-2H3. The number of nitrogens with zero attached hydrogens (tertiary/aromatic N) is 2. The van der Waals surface area contributed by atoms with Crippen LogP contribution in [0.5, 0.6) is 5.75 Å². The molecule has 2 rings (SSSR count). The summed E-state index contributed by atoms with van der Waals surface area (Å²) in [5, 5.41) is 11.0. The van der Waals surface area contributed by atoms with E-state index in [1.165, 1.54) is 37.3 Å². The average Bonchev–Trinajstić information content (AvgIpc) is 2.55. The number of hydrogen-bond donors (Lipinski definition) is 0. The molecule has 0 aliphatic rings. The van der Waals surface area contributed by atoms with Gasteiger partial charge >= 0.3 is 5.69 Å². The van der Waals surface area contributed by atoms with E-state index in [-0.39, 0.29) is 29.1 Å². The van der Waals surface area contributed by atoms with E-state index in [0.29, 0.717) is 0 Å². The van der Waals surface area contributed by atoms with Gasteiger partial charge in [0.2, 0.25) is 0 Å². The highest BCUT2D eigenvalue weighted by atomic mass is 19.1. The number of hydrogen-bond acceptors (Lipinski definition) is 4. The van der Waals surface area contributed by atoms with E-state index in [1.807, 2.05) is 0 Å². The summed E-state index contributed by atoms with van der Waals surface area (Å²) in [6.07, 6.45) is 0. The van der Waals surface area contributed by atoms with Gasteiger partial charge in [-0.2, -0.15) is 0 Å². The van der Waals surface area contributed by atoms with Crippen molar-refractivity contribution in [2.45, 2.75) is 6.54 Å². The first kappa shape index (κ1) is 17.3. The van der Waals surface area contributed by atoms with E-state index in [9.17, 15) is 23.7 Å². The van der Waals surface area contributed by atoms with Crippen LogP contribution in [0.25, 0.3) is 0 Å². The molecule has 0 aliphatic carbocycles. The van der Waals surface area contributed by atoms with Crippen molar-refractivity contribution in [1.29, 1.82) is 0 Å². The molecule has 8 heteroatoms. The molecular weight excluding hydrogens is 322 g/mol. The lowest BCUT2D eigenvalue weighted by Gasteiger charge is -2.18. The normalized spacial score (nSPS) is 10.3.